The zero-order chi connectivity index (χ0) is 18.4. The van der Waals surface area contributed by atoms with Crippen LogP contribution in [0.25, 0.3) is 11.6 Å². The Morgan fingerprint density at radius 3 is 2.31 bits per heavy atom. The fourth-order valence-corrected chi connectivity index (χ4v) is 2.98. The van der Waals surface area contributed by atoms with Gasteiger partial charge in [-0.05, 0) is 41.3 Å². The molecule has 0 radical (unpaired) electrons. The van der Waals surface area contributed by atoms with Gasteiger partial charge in [-0.25, -0.2) is 0 Å². The van der Waals surface area contributed by atoms with Crippen LogP contribution < -0.4 is 9.47 Å². The molecule has 2 aromatic rings. The Bertz CT molecular complexity index is 802. The van der Waals surface area contributed by atoms with Crippen molar-refractivity contribution in [3.05, 3.63) is 71.8 Å². The van der Waals surface area contributed by atoms with Crippen LogP contribution >= 0.6 is 0 Å². The summed E-state index contributed by atoms with van der Waals surface area (Å²) in [5.74, 6) is 1.41. The molecule has 0 atom stereocenters. The van der Waals surface area contributed by atoms with Gasteiger partial charge < -0.3 is 14.4 Å². The third-order valence-electron chi connectivity index (χ3n) is 4.46. The average molecular weight is 349 g/mol. The molecule has 1 aliphatic rings. The number of hydrogen-bond donors (Lipinski definition) is 0. The molecule has 0 aliphatic carbocycles. The SMILES string of the molecule is COc1cc(/C=C/C(=O)N2CC=C(c3ccccc3)CC2)cc(OC)c1. The van der Waals surface area contributed by atoms with Gasteiger partial charge in [0.15, 0.2) is 0 Å². The Kier molecular flexibility index (Phi) is 5.74. The number of methoxy groups -OCH3 is 2. The molecule has 26 heavy (non-hydrogen) atoms. The van der Waals surface area contributed by atoms with E-state index in [-0.39, 0.29) is 5.91 Å². The van der Waals surface area contributed by atoms with Crippen LogP contribution in [0.4, 0.5) is 0 Å². The van der Waals surface area contributed by atoms with Crippen LogP contribution in [-0.2, 0) is 4.79 Å². The lowest BCUT2D eigenvalue weighted by Crippen LogP contribution is -2.33. The van der Waals surface area contributed by atoms with Gasteiger partial charge in [0.1, 0.15) is 11.5 Å². The third-order valence-corrected chi connectivity index (χ3v) is 4.46. The molecule has 134 valence electrons. The summed E-state index contributed by atoms with van der Waals surface area (Å²) in [5.41, 5.74) is 3.40. The molecule has 1 heterocycles. The van der Waals surface area contributed by atoms with Crippen LogP contribution in [0.1, 0.15) is 17.5 Å². The molecule has 0 spiro atoms. The highest BCUT2D eigenvalue weighted by atomic mass is 16.5. The summed E-state index contributed by atoms with van der Waals surface area (Å²) in [6.07, 6.45) is 6.41. The van der Waals surface area contributed by atoms with Crippen molar-refractivity contribution in [3.63, 3.8) is 0 Å². The lowest BCUT2D eigenvalue weighted by Gasteiger charge is -2.25. The van der Waals surface area contributed by atoms with Crippen molar-refractivity contribution in [1.29, 1.82) is 0 Å². The lowest BCUT2D eigenvalue weighted by molar-refractivity contribution is -0.125. The molecule has 4 nitrogen and oxygen atoms in total. The van der Waals surface area contributed by atoms with Crippen molar-refractivity contribution in [1.82, 2.24) is 4.90 Å². The summed E-state index contributed by atoms with van der Waals surface area (Å²) in [5, 5.41) is 0. The van der Waals surface area contributed by atoms with Crippen molar-refractivity contribution >= 4 is 17.6 Å². The Hall–Kier alpha value is -3.01. The van der Waals surface area contributed by atoms with Crippen LogP contribution in [-0.4, -0.2) is 38.1 Å². The number of hydrogen-bond acceptors (Lipinski definition) is 3. The number of benzene rings is 2. The standard InChI is InChI=1S/C22H23NO3/c1-25-20-14-17(15-21(16-20)26-2)8-9-22(24)23-12-10-19(11-13-23)18-6-4-3-5-7-18/h3-10,14-16H,11-13H2,1-2H3/b9-8+. The first-order valence-electron chi connectivity index (χ1n) is 8.64. The van der Waals surface area contributed by atoms with E-state index in [0.29, 0.717) is 18.0 Å². The predicted octanol–water partition coefficient (Wildman–Crippen LogP) is 4.03. The molecular weight excluding hydrogens is 326 g/mol. The Balaban J connectivity index is 1.66. The molecule has 0 N–H and O–H groups in total. The predicted molar refractivity (Wildman–Crippen MR) is 104 cm³/mol. The number of ether oxygens (including phenoxy) is 2. The van der Waals surface area contributed by atoms with Gasteiger partial charge in [-0.3, -0.25) is 4.79 Å². The van der Waals surface area contributed by atoms with E-state index < -0.39 is 0 Å². The lowest BCUT2D eigenvalue weighted by atomic mass is 9.99. The number of nitrogens with zero attached hydrogens (tertiary/aromatic N) is 1. The minimum Gasteiger partial charge on any atom is -0.497 e. The molecule has 2 aromatic carbocycles. The summed E-state index contributed by atoms with van der Waals surface area (Å²) in [7, 11) is 3.22. The van der Waals surface area contributed by atoms with Gasteiger partial charge in [-0.15, -0.1) is 0 Å². The Morgan fingerprint density at radius 2 is 1.73 bits per heavy atom. The maximum Gasteiger partial charge on any atom is 0.246 e. The van der Waals surface area contributed by atoms with E-state index in [4.69, 9.17) is 9.47 Å². The molecule has 1 amide bonds. The molecular formula is C22H23NO3. The molecule has 3 rings (SSSR count). The average Bonchev–Trinajstić information content (AvgIpc) is 2.72. The first kappa shape index (κ1) is 17.8. The zero-order valence-electron chi connectivity index (χ0n) is 15.1. The van der Waals surface area contributed by atoms with E-state index in [0.717, 1.165) is 18.5 Å². The third kappa shape index (κ3) is 4.33. The monoisotopic (exact) mass is 349 g/mol. The fraction of sp³-hybridized carbons (Fsp3) is 0.227. The summed E-state index contributed by atoms with van der Waals surface area (Å²) in [6, 6.07) is 15.9. The second-order valence-corrected chi connectivity index (χ2v) is 6.11. The molecule has 4 heteroatoms. The van der Waals surface area contributed by atoms with Crippen LogP contribution in [0.2, 0.25) is 0 Å². The maximum absolute atomic E-state index is 12.5. The van der Waals surface area contributed by atoms with E-state index in [2.05, 4.69) is 18.2 Å². The van der Waals surface area contributed by atoms with E-state index in [1.807, 2.05) is 35.2 Å². The minimum atomic E-state index is 0.00940. The molecule has 0 aromatic heterocycles. The minimum absolute atomic E-state index is 0.00940. The largest absolute Gasteiger partial charge is 0.497 e. The van der Waals surface area contributed by atoms with Crippen molar-refractivity contribution in [2.45, 2.75) is 6.42 Å². The fourth-order valence-electron chi connectivity index (χ4n) is 2.98. The second-order valence-electron chi connectivity index (χ2n) is 6.11. The first-order valence-corrected chi connectivity index (χ1v) is 8.64. The van der Waals surface area contributed by atoms with Crippen molar-refractivity contribution in [2.24, 2.45) is 0 Å². The number of amides is 1. The summed E-state index contributed by atoms with van der Waals surface area (Å²) >= 11 is 0. The van der Waals surface area contributed by atoms with Crippen LogP contribution in [0.3, 0.4) is 0 Å². The van der Waals surface area contributed by atoms with Crippen LogP contribution in [0.15, 0.2) is 60.7 Å². The molecule has 0 saturated heterocycles. The number of rotatable bonds is 5. The number of carbonyl (C=O) groups excluding carboxylic acids is 1. The zero-order valence-corrected chi connectivity index (χ0v) is 15.1. The van der Waals surface area contributed by atoms with Gasteiger partial charge in [0.2, 0.25) is 5.91 Å². The van der Waals surface area contributed by atoms with Gasteiger partial charge in [0, 0.05) is 25.2 Å². The topological polar surface area (TPSA) is 38.8 Å². The molecule has 1 aliphatic heterocycles. The van der Waals surface area contributed by atoms with Crippen LogP contribution in [0.5, 0.6) is 11.5 Å². The number of carbonyl (C=O) groups is 1. The smallest absolute Gasteiger partial charge is 0.246 e. The highest BCUT2D eigenvalue weighted by molar-refractivity contribution is 5.92. The van der Waals surface area contributed by atoms with E-state index in [9.17, 15) is 4.79 Å². The van der Waals surface area contributed by atoms with Crippen molar-refractivity contribution in [3.8, 4) is 11.5 Å². The molecule has 0 unspecified atom stereocenters. The Labute approximate surface area is 154 Å². The van der Waals surface area contributed by atoms with E-state index in [1.165, 1.54) is 11.1 Å². The van der Waals surface area contributed by atoms with Crippen molar-refractivity contribution < 1.29 is 14.3 Å². The van der Waals surface area contributed by atoms with E-state index >= 15 is 0 Å². The normalized spacial score (nSPS) is 14.2. The van der Waals surface area contributed by atoms with Gasteiger partial charge in [-0.2, -0.15) is 0 Å². The quantitative estimate of drug-likeness (QED) is 0.765. The maximum atomic E-state index is 12.5. The summed E-state index contributed by atoms with van der Waals surface area (Å²) < 4.78 is 10.5. The molecule has 0 saturated carbocycles. The molecule has 0 fully saturated rings. The Morgan fingerprint density at radius 1 is 1.04 bits per heavy atom. The van der Waals surface area contributed by atoms with Gasteiger partial charge in [0.25, 0.3) is 0 Å². The first-order chi connectivity index (χ1) is 12.7. The van der Waals surface area contributed by atoms with Gasteiger partial charge in [0.05, 0.1) is 14.2 Å². The second kappa shape index (κ2) is 8.39. The summed E-state index contributed by atoms with van der Waals surface area (Å²) in [4.78, 5) is 14.3. The molecule has 0 bridgehead atoms. The van der Waals surface area contributed by atoms with Gasteiger partial charge in [-0.1, -0.05) is 36.4 Å². The van der Waals surface area contributed by atoms with Crippen LogP contribution in [0, 0.1) is 0 Å². The van der Waals surface area contributed by atoms with Gasteiger partial charge >= 0.3 is 0 Å². The van der Waals surface area contributed by atoms with E-state index in [1.54, 1.807) is 32.4 Å². The highest BCUT2D eigenvalue weighted by Gasteiger charge is 2.15. The van der Waals surface area contributed by atoms with Crippen molar-refractivity contribution in [2.75, 3.05) is 27.3 Å². The summed E-state index contributed by atoms with van der Waals surface area (Å²) in [6.45, 7) is 1.36. The highest BCUT2D eigenvalue weighted by Crippen LogP contribution is 2.24.